The van der Waals surface area contributed by atoms with Gasteiger partial charge in [-0.2, -0.15) is 0 Å². The third-order valence-corrected chi connectivity index (χ3v) is 4.09. The summed E-state index contributed by atoms with van der Waals surface area (Å²) in [5.74, 6) is -1.64. The zero-order valence-corrected chi connectivity index (χ0v) is 11.8. The number of hydrogen-bond acceptors (Lipinski definition) is 2. The van der Waals surface area contributed by atoms with Gasteiger partial charge in [-0.15, -0.1) is 0 Å². The second-order valence-electron chi connectivity index (χ2n) is 5.48. The molecule has 1 amide bonds. The van der Waals surface area contributed by atoms with Crippen molar-refractivity contribution in [2.45, 2.75) is 25.7 Å². The van der Waals surface area contributed by atoms with E-state index < -0.39 is 11.9 Å². The Morgan fingerprint density at radius 3 is 2.40 bits per heavy atom. The van der Waals surface area contributed by atoms with Crippen LogP contribution in [-0.4, -0.2) is 35.5 Å². The molecule has 1 aromatic rings. The summed E-state index contributed by atoms with van der Waals surface area (Å²) in [5.41, 5.74) is 1.26. The lowest BCUT2D eigenvalue weighted by Gasteiger charge is -2.35. The second kappa shape index (κ2) is 6.55. The molecule has 0 bridgehead atoms. The van der Waals surface area contributed by atoms with Gasteiger partial charge in [-0.1, -0.05) is 30.3 Å². The molecule has 2 unspecified atom stereocenters. The van der Waals surface area contributed by atoms with E-state index in [1.807, 2.05) is 18.2 Å². The van der Waals surface area contributed by atoms with Crippen molar-refractivity contribution < 1.29 is 14.7 Å². The van der Waals surface area contributed by atoms with Gasteiger partial charge in [-0.05, 0) is 31.2 Å². The first-order valence-corrected chi connectivity index (χ1v) is 7.11. The highest BCUT2D eigenvalue weighted by molar-refractivity contribution is 5.86. The molecular weight excluding hydrogens is 254 g/mol. The molecule has 1 fully saturated rings. The number of carboxylic acids is 1. The Labute approximate surface area is 119 Å². The second-order valence-corrected chi connectivity index (χ2v) is 5.48. The molecule has 1 N–H and O–H groups in total. The van der Waals surface area contributed by atoms with Crippen molar-refractivity contribution in [3.8, 4) is 0 Å². The highest BCUT2D eigenvalue weighted by Gasteiger charge is 2.42. The molecule has 1 saturated carbocycles. The summed E-state index contributed by atoms with van der Waals surface area (Å²) in [6.45, 7) is 0.677. The maximum Gasteiger partial charge on any atom is 0.307 e. The van der Waals surface area contributed by atoms with Crippen molar-refractivity contribution in [1.29, 1.82) is 0 Å². The summed E-state index contributed by atoms with van der Waals surface area (Å²) in [6, 6.07) is 10.2. The lowest BCUT2D eigenvalue weighted by atomic mass is 9.73. The maximum atomic E-state index is 12.1. The molecule has 0 saturated heterocycles. The monoisotopic (exact) mass is 275 g/mol. The van der Waals surface area contributed by atoms with Crippen LogP contribution in [0.15, 0.2) is 30.3 Å². The number of carboxylic acid groups (broad SMARTS) is 1. The Bertz CT molecular complexity index is 472. The number of benzene rings is 1. The fourth-order valence-corrected chi connectivity index (χ4v) is 2.65. The van der Waals surface area contributed by atoms with E-state index in [1.54, 1.807) is 11.9 Å². The minimum Gasteiger partial charge on any atom is -0.481 e. The first kappa shape index (κ1) is 14.6. The molecule has 0 spiro atoms. The molecule has 0 aliphatic heterocycles. The lowest BCUT2D eigenvalue weighted by molar-refractivity contribution is -0.156. The summed E-state index contributed by atoms with van der Waals surface area (Å²) >= 11 is 0. The van der Waals surface area contributed by atoms with Crippen molar-refractivity contribution in [1.82, 2.24) is 4.90 Å². The summed E-state index contributed by atoms with van der Waals surface area (Å²) in [6.07, 6.45) is 3.17. The number of aryl methyl sites for hydroxylation is 1. The Hall–Kier alpha value is -1.84. The first-order valence-electron chi connectivity index (χ1n) is 7.11. The largest absolute Gasteiger partial charge is 0.481 e. The van der Waals surface area contributed by atoms with Gasteiger partial charge in [0.1, 0.15) is 0 Å². The number of carbonyl (C=O) groups excluding carboxylic acids is 1. The van der Waals surface area contributed by atoms with Crippen molar-refractivity contribution in [2.24, 2.45) is 11.8 Å². The standard InChI is InChI=1S/C16H21NO3/c1-17(11-5-8-12-6-3-2-4-7-12)15(18)13-9-10-14(13)16(19)20/h2-4,6-7,13-14H,5,8-11H2,1H3,(H,19,20). The average Bonchev–Trinajstić information content (AvgIpc) is 2.37. The van der Waals surface area contributed by atoms with Gasteiger partial charge < -0.3 is 10.0 Å². The molecule has 4 heteroatoms. The first-order chi connectivity index (χ1) is 9.59. The van der Waals surface area contributed by atoms with E-state index in [9.17, 15) is 9.59 Å². The molecule has 1 aromatic carbocycles. The van der Waals surface area contributed by atoms with Crippen LogP contribution < -0.4 is 0 Å². The van der Waals surface area contributed by atoms with Gasteiger partial charge in [0, 0.05) is 13.6 Å². The predicted molar refractivity (Wildman–Crippen MR) is 76.2 cm³/mol. The maximum absolute atomic E-state index is 12.1. The zero-order chi connectivity index (χ0) is 14.5. The van der Waals surface area contributed by atoms with Gasteiger partial charge in [-0.3, -0.25) is 9.59 Å². The fraction of sp³-hybridized carbons (Fsp3) is 0.500. The summed E-state index contributed by atoms with van der Waals surface area (Å²) in [4.78, 5) is 24.8. The molecule has 0 radical (unpaired) electrons. The Balaban J connectivity index is 1.76. The molecule has 4 nitrogen and oxygen atoms in total. The third-order valence-electron chi connectivity index (χ3n) is 4.09. The summed E-state index contributed by atoms with van der Waals surface area (Å²) in [7, 11) is 1.77. The van der Waals surface area contributed by atoms with Gasteiger partial charge in [0.25, 0.3) is 0 Å². The third kappa shape index (κ3) is 3.38. The van der Waals surface area contributed by atoms with Crippen LogP contribution in [0.5, 0.6) is 0 Å². The van der Waals surface area contributed by atoms with E-state index in [4.69, 9.17) is 5.11 Å². The van der Waals surface area contributed by atoms with Crippen molar-refractivity contribution >= 4 is 11.9 Å². The molecule has 20 heavy (non-hydrogen) atoms. The minimum atomic E-state index is -0.840. The Kier molecular flexibility index (Phi) is 4.77. The highest BCUT2D eigenvalue weighted by atomic mass is 16.4. The number of rotatable bonds is 6. The van der Waals surface area contributed by atoms with Gasteiger partial charge in [-0.25, -0.2) is 0 Å². The van der Waals surface area contributed by atoms with Crippen LogP contribution in [0, 0.1) is 11.8 Å². The number of hydrogen-bond donors (Lipinski definition) is 1. The normalized spacial score (nSPS) is 21.1. The summed E-state index contributed by atoms with van der Waals surface area (Å²) < 4.78 is 0. The van der Waals surface area contributed by atoms with Crippen LogP contribution in [0.4, 0.5) is 0 Å². The Morgan fingerprint density at radius 1 is 1.20 bits per heavy atom. The number of aliphatic carboxylic acids is 1. The van der Waals surface area contributed by atoms with E-state index in [2.05, 4.69) is 12.1 Å². The molecule has 0 heterocycles. The molecule has 2 atom stereocenters. The van der Waals surface area contributed by atoms with Gasteiger partial charge in [0.15, 0.2) is 0 Å². The highest BCUT2D eigenvalue weighted by Crippen LogP contribution is 2.35. The van der Waals surface area contributed by atoms with Crippen LogP contribution in [0.3, 0.4) is 0 Å². The van der Waals surface area contributed by atoms with Crippen LogP contribution in [0.25, 0.3) is 0 Å². The van der Waals surface area contributed by atoms with E-state index in [0.717, 1.165) is 12.8 Å². The summed E-state index contributed by atoms with van der Waals surface area (Å²) in [5, 5.41) is 8.99. The van der Waals surface area contributed by atoms with E-state index in [-0.39, 0.29) is 11.8 Å². The number of carbonyl (C=O) groups is 2. The van der Waals surface area contributed by atoms with Gasteiger partial charge in [0.2, 0.25) is 5.91 Å². The van der Waals surface area contributed by atoms with Gasteiger partial charge >= 0.3 is 5.97 Å². The van der Waals surface area contributed by atoms with Gasteiger partial charge in [0.05, 0.1) is 11.8 Å². The molecule has 1 aliphatic rings. The van der Waals surface area contributed by atoms with E-state index in [1.165, 1.54) is 5.56 Å². The fourth-order valence-electron chi connectivity index (χ4n) is 2.65. The quantitative estimate of drug-likeness (QED) is 0.865. The molecule has 108 valence electrons. The van der Waals surface area contributed by atoms with E-state index >= 15 is 0 Å². The average molecular weight is 275 g/mol. The topological polar surface area (TPSA) is 57.6 Å². The number of nitrogens with zero attached hydrogens (tertiary/aromatic N) is 1. The molecular formula is C16H21NO3. The predicted octanol–water partition coefficient (Wildman–Crippen LogP) is 2.19. The van der Waals surface area contributed by atoms with Crippen molar-refractivity contribution in [3.05, 3.63) is 35.9 Å². The smallest absolute Gasteiger partial charge is 0.307 e. The molecule has 0 aromatic heterocycles. The van der Waals surface area contributed by atoms with Crippen LogP contribution in [0.2, 0.25) is 0 Å². The van der Waals surface area contributed by atoms with Crippen LogP contribution in [0.1, 0.15) is 24.8 Å². The molecule has 2 rings (SSSR count). The lowest BCUT2D eigenvalue weighted by Crippen LogP contribution is -2.45. The SMILES string of the molecule is CN(CCCc1ccccc1)C(=O)C1CCC1C(=O)O. The van der Waals surface area contributed by atoms with E-state index in [0.29, 0.717) is 19.4 Å². The Morgan fingerprint density at radius 2 is 1.85 bits per heavy atom. The minimum absolute atomic E-state index is 0.0169. The van der Waals surface area contributed by atoms with Crippen molar-refractivity contribution in [3.63, 3.8) is 0 Å². The van der Waals surface area contributed by atoms with Crippen molar-refractivity contribution in [2.75, 3.05) is 13.6 Å². The van der Waals surface area contributed by atoms with Crippen LogP contribution >= 0.6 is 0 Å². The van der Waals surface area contributed by atoms with Crippen LogP contribution in [-0.2, 0) is 16.0 Å². The molecule has 1 aliphatic carbocycles. The number of amides is 1. The zero-order valence-electron chi connectivity index (χ0n) is 11.8.